The number of carboxylic acids is 1. The second-order valence-corrected chi connectivity index (χ2v) is 4.58. The van der Waals surface area contributed by atoms with Crippen LogP contribution in [0.2, 0.25) is 0 Å². The summed E-state index contributed by atoms with van der Waals surface area (Å²) in [5, 5.41) is 9.48. The molecule has 0 aromatic carbocycles. The highest BCUT2D eigenvalue weighted by atomic mass is 16.5. The fraction of sp³-hybridized carbons (Fsp3) is 0.692. The van der Waals surface area contributed by atoms with Gasteiger partial charge in [0, 0.05) is 0 Å². The van der Waals surface area contributed by atoms with E-state index < -0.39 is 17.4 Å². The smallest absolute Gasteiger partial charge is 0.323 e. The molecule has 96 valence electrons. The Morgan fingerprint density at radius 2 is 2.06 bits per heavy atom. The standard InChI is InChI=1S/C13H20O4/c1-3-4-9-13(11(14)15,12(16)17-2)10-7-5-6-8-10/h3,10H,1,4-9H2,2H3,(H,14,15). The summed E-state index contributed by atoms with van der Waals surface area (Å²) >= 11 is 0. The molecule has 1 aliphatic rings. The minimum Gasteiger partial charge on any atom is -0.480 e. The second-order valence-electron chi connectivity index (χ2n) is 4.58. The Labute approximate surface area is 102 Å². The van der Waals surface area contributed by atoms with E-state index in [-0.39, 0.29) is 12.3 Å². The second kappa shape index (κ2) is 5.84. The molecule has 0 spiro atoms. The summed E-state index contributed by atoms with van der Waals surface area (Å²) in [6.45, 7) is 3.59. The Bertz CT molecular complexity index is 305. The lowest BCUT2D eigenvalue weighted by molar-refractivity contribution is -0.172. The third-order valence-corrected chi connectivity index (χ3v) is 3.73. The van der Waals surface area contributed by atoms with E-state index >= 15 is 0 Å². The molecule has 0 saturated heterocycles. The summed E-state index contributed by atoms with van der Waals surface area (Å²) in [5.41, 5.74) is -1.38. The average molecular weight is 240 g/mol. The van der Waals surface area contributed by atoms with Crippen molar-refractivity contribution in [2.75, 3.05) is 7.11 Å². The van der Waals surface area contributed by atoms with Crippen molar-refractivity contribution in [1.82, 2.24) is 0 Å². The van der Waals surface area contributed by atoms with Crippen molar-refractivity contribution in [3.8, 4) is 0 Å². The van der Waals surface area contributed by atoms with Crippen LogP contribution in [-0.2, 0) is 14.3 Å². The van der Waals surface area contributed by atoms with Gasteiger partial charge < -0.3 is 9.84 Å². The van der Waals surface area contributed by atoms with Crippen molar-refractivity contribution in [3.63, 3.8) is 0 Å². The van der Waals surface area contributed by atoms with Crippen LogP contribution >= 0.6 is 0 Å². The highest BCUT2D eigenvalue weighted by molar-refractivity contribution is 5.99. The van der Waals surface area contributed by atoms with Gasteiger partial charge in [-0.15, -0.1) is 6.58 Å². The quantitative estimate of drug-likeness (QED) is 0.440. The third kappa shape index (κ3) is 2.51. The zero-order valence-corrected chi connectivity index (χ0v) is 10.3. The molecule has 4 nitrogen and oxygen atoms in total. The van der Waals surface area contributed by atoms with Gasteiger partial charge in [-0.05, 0) is 31.6 Å². The van der Waals surface area contributed by atoms with E-state index in [2.05, 4.69) is 6.58 Å². The maximum absolute atomic E-state index is 11.9. The van der Waals surface area contributed by atoms with Crippen LogP contribution in [0, 0.1) is 11.3 Å². The minimum atomic E-state index is -1.38. The molecular formula is C13H20O4. The number of carbonyl (C=O) groups is 2. The number of esters is 1. The summed E-state index contributed by atoms with van der Waals surface area (Å²) in [6.07, 6.45) is 6.00. The molecule has 1 unspecified atom stereocenters. The van der Waals surface area contributed by atoms with Gasteiger partial charge in [0.15, 0.2) is 5.41 Å². The van der Waals surface area contributed by atoms with Crippen molar-refractivity contribution >= 4 is 11.9 Å². The Kier molecular flexibility index (Phi) is 4.73. The third-order valence-electron chi connectivity index (χ3n) is 3.73. The summed E-state index contributed by atoms with van der Waals surface area (Å²) in [7, 11) is 1.25. The van der Waals surface area contributed by atoms with Crippen LogP contribution in [0.15, 0.2) is 12.7 Å². The maximum atomic E-state index is 11.9. The lowest BCUT2D eigenvalue weighted by Gasteiger charge is -2.32. The number of allylic oxidation sites excluding steroid dienone is 1. The first kappa shape index (κ1) is 13.7. The summed E-state index contributed by atoms with van der Waals surface area (Å²) in [4.78, 5) is 23.5. The van der Waals surface area contributed by atoms with Crippen LogP contribution in [0.3, 0.4) is 0 Å². The van der Waals surface area contributed by atoms with E-state index in [1.165, 1.54) is 7.11 Å². The molecule has 17 heavy (non-hydrogen) atoms. The molecule has 0 aromatic rings. The van der Waals surface area contributed by atoms with Crippen molar-refractivity contribution in [2.45, 2.75) is 38.5 Å². The summed E-state index contributed by atoms with van der Waals surface area (Å²) in [5.74, 6) is -1.77. The Hall–Kier alpha value is -1.32. The number of carboxylic acid groups (broad SMARTS) is 1. The molecule has 1 aliphatic carbocycles. The van der Waals surface area contributed by atoms with Gasteiger partial charge in [0.25, 0.3) is 0 Å². The minimum absolute atomic E-state index is 0.104. The molecule has 0 bridgehead atoms. The van der Waals surface area contributed by atoms with E-state index in [0.717, 1.165) is 25.7 Å². The van der Waals surface area contributed by atoms with Crippen molar-refractivity contribution in [1.29, 1.82) is 0 Å². The van der Waals surface area contributed by atoms with Crippen LogP contribution < -0.4 is 0 Å². The molecule has 0 amide bonds. The SMILES string of the molecule is C=CCCC(C(=O)O)(C(=O)OC)C1CCCC1. The highest BCUT2D eigenvalue weighted by Crippen LogP contribution is 2.44. The van der Waals surface area contributed by atoms with Gasteiger partial charge in [0.2, 0.25) is 0 Å². The Morgan fingerprint density at radius 1 is 1.47 bits per heavy atom. The number of hydrogen-bond donors (Lipinski definition) is 1. The lowest BCUT2D eigenvalue weighted by atomic mass is 9.71. The van der Waals surface area contributed by atoms with Crippen LogP contribution in [0.5, 0.6) is 0 Å². The molecule has 1 fully saturated rings. The van der Waals surface area contributed by atoms with Gasteiger partial charge in [-0.1, -0.05) is 18.9 Å². The van der Waals surface area contributed by atoms with Crippen molar-refractivity contribution in [2.24, 2.45) is 11.3 Å². The summed E-state index contributed by atoms with van der Waals surface area (Å²) in [6, 6.07) is 0. The van der Waals surface area contributed by atoms with E-state index in [9.17, 15) is 14.7 Å². The molecule has 0 heterocycles. The fourth-order valence-corrected chi connectivity index (χ4v) is 2.77. The Morgan fingerprint density at radius 3 is 2.47 bits per heavy atom. The molecule has 1 atom stereocenters. The van der Waals surface area contributed by atoms with Gasteiger partial charge >= 0.3 is 11.9 Å². The van der Waals surface area contributed by atoms with Crippen LogP contribution in [0.4, 0.5) is 0 Å². The van der Waals surface area contributed by atoms with Crippen molar-refractivity contribution < 1.29 is 19.4 Å². The molecule has 1 N–H and O–H groups in total. The number of hydrogen-bond acceptors (Lipinski definition) is 3. The molecule has 1 rings (SSSR count). The van der Waals surface area contributed by atoms with E-state index in [1.807, 2.05) is 0 Å². The number of carbonyl (C=O) groups excluding carboxylic acids is 1. The van der Waals surface area contributed by atoms with Gasteiger partial charge in [0.05, 0.1) is 7.11 Å². The number of rotatable bonds is 6. The molecule has 0 aromatic heterocycles. The maximum Gasteiger partial charge on any atom is 0.323 e. The highest BCUT2D eigenvalue weighted by Gasteiger charge is 2.53. The predicted octanol–water partition coefficient (Wildman–Crippen LogP) is 2.39. The largest absolute Gasteiger partial charge is 0.480 e. The van der Waals surface area contributed by atoms with Gasteiger partial charge in [-0.2, -0.15) is 0 Å². The van der Waals surface area contributed by atoms with E-state index in [0.29, 0.717) is 6.42 Å². The summed E-state index contributed by atoms with van der Waals surface area (Å²) < 4.78 is 4.73. The molecule has 4 heteroatoms. The monoisotopic (exact) mass is 240 g/mol. The average Bonchev–Trinajstić information content (AvgIpc) is 2.83. The van der Waals surface area contributed by atoms with E-state index in [1.54, 1.807) is 6.08 Å². The number of ether oxygens (including phenoxy) is 1. The van der Waals surface area contributed by atoms with Crippen LogP contribution in [0.25, 0.3) is 0 Å². The van der Waals surface area contributed by atoms with E-state index in [4.69, 9.17) is 4.74 Å². The lowest BCUT2D eigenvalue weighted by Crippen LogP contribution is -2.45. The fourth-order valence-electron chi connectivity index (χ4n) is 2.77. The molecular weight excluding hydrogens is 220 g/mol. The molecule has 0 radical (unpaired) electrons. The molecule has 1 saturated carbocycles. The zero-order valence-electron chi connectivity index (χ0n) is 10.3. The number of aliphatic carboxylic acids is 1. The zero-order chi connectivity index (χ0) is 12.9. The topological polar surface area (TPSA) is 63.6 Å². The first-order valence-electron chi connectivity index (χ1n) is 6.02. The van der Waals surface area contributed by atoms with Crippen LogP contribution in [-0.4, -0.2) is 24.2 Å². The van der Waals surface area contributed by atoms with Crippen molar-refractivity contribution in [3.05, 3.63) is 12.7 Å². The number of methoxy groups -OCH3 is 1. The Balaban J connectivity index is 3.04. The van der Waals surface area contributed by atoms with Gasteiger partial charge in [-0.25, -0.2) is 0 Å². The van der Waals surface area contributed by atoms with Gasteiger partial charge in [-0.3, -0.25) is 9.59 Å². The van der Waals surface area contributed by atoms with Crippen LogP contribution in [0.1, 0.15) is 38.5 Å². The normalized spacial score (nSPS) is 19.6. The first-order chi connectivity index (χ1) is 8.09. The molecule has 0 aliphatic heterocycles. The van der Waals surface area contributed by atoms with Gasteiger partial charge in [0.1, 0.15) is 0 Å². The first-order valence-corrected chi connectivity index (χ1v) is 6.02. The predicted molar refractivity (Wildman–Crippen MR) is 63.5 cm³/mol.